The van der Waals surface area contributed by atoms with E-state index < -0.39 is 0 Å². The molecule has 7 heteroatoms. The van der Waals surface area contributed by atoms with E-state index in [1.54, 1.807) is 7.11 Å². The van der Waals surface area contributed by atoms with Crippen LogP contribution in [0, 0.1) is 11.8 Å². The maximum atomic E-state index is 11.9. The number of ether oxygens (including phenoxy) is 1. The summed E-state index contributed by atoms with van der Waals surface area (Å²) in [4.78, 5) is 14.2. The number of methoxy groups -OCH3 is 1. The first kappa shape index (κ1) is 25.2. The van der Waals surface area contributed by atoms with Crippen LogP contribution in [-0.4, -0.2) is 64.3 Å². The van der Waals surface area contributed by atoms with Crippen LogP contribution in [0.5, 0.6) is 0 Å². The predicted molar refractivity (Wildman–Crippen MR) is 101 cm³/mol. The lowest BCUT2D eigenvalue weighted by Gasteiger charge is -2.28. The van der Waals surface area contributed by atoms with Crippen molar-refractivity contribution in [3.05, 3.63) is 0 Å². The van der Waals surface area contributed by atoms with E-state index in [1.165, 1.54) is 12.8 Å². The highest BCUT2D eigenvalue weighted by molar-refractivity contribution is 5.85. The Morgan fingerprint density at radius 1 is 1.39 bits per heavy atom. The molecule has 0 aliphatic carbocycles. The Morgan fingerprint density at radius 2 is 2.13 bits per heavy atom. The molecule has 0 spiro atoms. The lowest BCUT2D eigenvalue weighted by Crippen LogP contribution is -2.36. The van der Waals surface area contributed by atoms with Gasteiger partial charge in [-0.25, -0.2) is 0 Å². The van der Waals surface area contributed by atoms with Gasteiger partial charge in [0, 0.05) is 26.6 Å². The number of piperidine rings is 1. The summed E-state index contributed by atoms with van der Waals surface area (Å²) in [6.07, 6.45) is 4.15. The molecule has 2 unspecified atom stereocenters. The second-order valence-corrected chi connectivity index (χ2v) is 6.29. The van der Waals surface area contributed by atoms with Crippen LogP contribution in [0.3, 0.4) is 0 Å². The van der Waals surface area contributed by atoms with E-state index in [0.717, 1.165) is 45.8 Å². The number of carbonyl (C=O) groups is 1. The molecular weight excluding hydrogens is 337 g/mol. The van der Waals surface area contributed by atoms with E-state index in [9.17, 15) is 4.79 Å². The normalized spacial score (nSPS) is 18.7. The van der Waals surface area contributed by atoms with Crippen LogP contribution < -0.4 is 10.6 Å². The molecule has 1 fully saturated rings. The molecule has 0 radical (unpaired) electrons. The van der Waals surface area contributed by atoms with Crippen molar-refractivity contribution in [3.8, 4) is 0 Å². The second-order valence-electron chi connectivity index (χ2n) is 6.29. The Kier molecular flexibility index (Phi) is 16.9. The van der Waals surface area contributed by atoms with E-state index in [0.29, 0.717) is 18.3 Å². The predicted octanol–water partition coefficient (Wildman–Crippen LogP) is 1.94. The van der Waals surface area contributed by atoms with Crippen LogP contribution in [0.1, 0.15) is 32.6 Å². The summed E-state index contributed by atoms with van der Waals surface area (Å²) in [5.41, 5.74) is 0. The number of rotatable bonds is 10. The van der Waals surface area contributed by atoms with E-state index in [1.807, 2.05) is 0 Å². The number of nitrogens with zero attached hydrogens (tertiary/aromatic N) is 1. The molecule has 1 rings (SSSR count). The highest BCUT2D eigenvalue weighted by atomic mass is 35.5. The zero-order chi connectivity index (χ0) is 15.5. The van der Waals surface area contributed by atoms with Gasteiger partial charge in [-0.1, -0.05) is 6.92 Å². The largest absolute Gasteiger partial charge is 0.383 e. The molecule has 1 heterocycles. The molecule has 1 aliphatic heterocycles. The maximum Gasteiger partial charge on any atom is 0.220 e. The summed E-state index contributed by atoms with van der Waals surface area (Å²) in [5, 5.41) is 6.47. The molecule has 0 aromatic carbocycles. The Bertz CT molecular complexity index is 290. The van der Waals surface area contributed by atoms with Gasteiger partial charge in [0.15, 0.2) is 0 Å². The van der Waals surface area contributed by atoms with Crippen LogP contribution in [0.25, 0.3) is 0 Å². The molecule has 140 valence electrons. The molecular formula is C16H35Cl2N3O2. The first-order chi connectivity index (χ1) is 10.1. The molecule has 0 saturated carbocycles. The number of nitrogens with one attached hydrogen (secondary N) is 2. The van der Waals surface area contributed by atoms with Gasteiger partial charge >= 0.3 is 0 Å². The fraction of sp³-hybridized carbons (Fsp3) is 0.938. The van der Waals surface area contributed by atoms with Crippen molar-refractivity contribution >= 4 is 30.7 Å². The first-order valence-electron chi connectivity index (χ1n) is 8.28. The molecule has 0 bridgehead atoms. The van der Waals surface area contributed by atoms with Crippen molar-refractivity contribution in [2.24, 2.45) is 11.8 Å². The summed E-state index contributed by atoms with van der Waals surface area (Å²) in [7, 11) is 3.80. The van der Waals surface area contributed by atoms with E-state index >= 15 is 0 Å². The van der Waals surface area contributed by atoms with Gasteiger partial charge in [0.25, 0.3) is 0 Å². The quantitative estimate of drug-likeness (QED) is 0.576. The molecule has 2 N–H and O–H groups in total. The Hall–Kier alpha value is -0.0700. The van der Waals surface area contributed by atoms with Crippen molar-refractivity contribution in [3.63, 3.8) is 0 Å². The SMILES string of the molecule is COCCN(C)CCCNC(=O)CC(C)C1CCCNC1.Cl.Cl. The number of hydrogen-bond donors (Lipinski definition) is 2. The zero-order valence-electron chi connectivity index (χ0n) is 14.8. The third kappa shape index (κ3) is 12.0. The number of hydrogen-bond acceptors (Lipinski definition) is 4. The van der Waals surface area contributed by atoms with Crippen molar-refractivity contribution in [1.29, 1.82) is 0 Å². The van der Waals surface area contributed by atoms with Gasteiger partial charge in [-0.2, -0.15) is 0 Å². The molecule has 23 heavy (non-hydrogen) atoms. The Balaban J connectivity index is 0. The minimum absolute atomic E-state index is 0. The summed E-state index contributed by atoms with van der Waals surface area (Å²) < 4.78 is 5.04. The summed E-state index contributed by atoms with van der Waals surface area (Å²) in [6.45, 7) is 7.87. The third-order valence-corrected chi connectivity index (χ3v) is 4.36. The number of likely N-dealkylation sites (N-methyl/N-ethyl adjacent to an activating group) is 1. The highest BCUT2D eigenvalue weighted by Gasteiger charge is 2.21. The van der Waals surface area contributed by atoms with Crippen molar-refractivity contribution < 1.29 is 9.53 Å². The van der Waals surface area contributed by atoms with Gasteiger partial charge in [-0.3, -0.25) is 4.79 Å². The monoisotopic (exact) mass is 371 g/mol. The summed E-state index contributed by atoms with van der Waals surface area (Å²) in [6, 6.07) is 0. The van der Waals surface area contributed by atoms with Gasteiger partial charge in [0.2, 0.25) is 5.91 Å². The lowest BCUT2D eigenvalue weighted by atomic mass is 9.85. The molecule has 1 amide bonds. The second kappa shape index (κ2) is 15.5. The van der Waals surface area contributed by atoms with Crippen molar-refractivity contribution in [2.45, 2.75) is 32.6 Å². The Labute approximate surface area is 154 Å². The lowest BCUT2D eigenvalue weighted by molar-refractivity contribution is -0.122. The minimum Gasteiger partial charge on any atom is -0.383 e. The van der Waals surface area contributed by atoms with E-state index in [2.05, 4.69) is 29.5 Å². The molecule has 0 aromatic rings. The van der Waals surface area contributed by atoms with Gasteiger partial charge in [0.05, 0.1) is 6.61 Å². The smallest absolute Gasteiger partial charge is 0.220 e. The number of carbonyl (C=O) groups excluding carboxylic acids is 1. The molecule has 0 aromatic heterocycles. The van der Waals surface area contributed by atoms with Gasteiger partial charge < -0.3 is 20.3 Å². The topological polar surface area (TPSA) is 53.6 Å². The molecule has 1 saturated heterocycles. The molecule has 1 aliphatic rings. The van der Waals surface area contributed by atoms with Crippen molar-refractivity contribution in [2.75, 3.05) is 53.5 Å². The Morgan fingerprint density at radius 3 is 2.74 bits per heavy atom. The van der Waals surface area contributed by atoms with E-state index in [-0.39, 0.29) is 30.7 Å². The van der Waals surface area contributed by atoms with Gasteiger partial charge in [-0.15, -0.1) is 24.8 Å². The van der Waals surface area contributed by atoms with Crippen LogP contribution in [0.15, 0.2) is 0 Å². The van der Waals surface area contributed by atoms with Gasteiger partial charge in [0.1, 0.15) is 0 Å². The summed E-state index contributed by atoms with van der Waals surface area (Å²) in [5.74, 6) is 1.33. The first-order valence-corrected chi connectivity index (χ1v) is 8.28. The summed E-state index contributed by atoms with van der Waals surface area (Å²) >= 11 is 0. The highest BCUT2D eigenvalue weighted by Crippen LogP contribution is 2.22. The van der Waals surface area contributed by atoms with E-state index in [4.69, 9.17) is 4.74 Å². The van der Waals surface area contributed by atoms with Crippen LogP contribution in [-0.2, 0) is 9.53 Å². The number of halogens is 2. The third-order valence-electron chi connectivity index (χ3n) is 4.36. The minimum atomic E-state index is 0. The average Bonchev–Trinajstić information content (AvgIpc) is 2.50. The van der Waals surface area contributed by atoms with Crippen molar-refractivity contribution in [1.82, 2.24) is 15.5 Å². The fourth-order valence-corrected chi connectivity index (χ4v) is 2.83. The average molecular weight is 372 g/mol. The van der Waals surface area contributed by atoms with Gasteiger partial charge in [-0.05, 0) is 57.8 Å². The number of amides is 1. The molecule has 5 nitrogen and oxygen atoms in total. The molecule has 2 atom stereocenters. The van der Waals surface area contributed by atoms with Crippen LogP contribution in [0.4, 0.5) is 0 Å². The van der Waals surface area contributed by atoms with Crippen LogP contribution >= 0.6 is 24.8 Å². The standard InChI is InChI=1S/C16H33N3O2.2ClH/c1-14(15-6-4-7-17-13-15)12-16(20)18-8-5-9-19(2)10-11-21-3;;/h14-15,17H,4-13H2,1-3H3,(H,18,20);2*1H. The fourth-order valence-electron chi connectivity index (χ4n) is 2.83. The zero-order valence-corrected chi connectivity index (χ0v) is 16.4. The van der Waals surface area contributed by atoms with Crippen LogP contribution in [0.2, 0.25) is 0 Å². The maximum absolute atomic E-state index is 11.9.